The summed E-state index contributed by atoms with van der Waals surface area (Å²) in [6, 6.07) is 38.2. The van der Waals surface area contributed by atoms with Crippen LogP contribution in [0.25, 0.3) is 43.1 Å². The first-order valence-corrected chi connectivity index (χ1v) is 10.8. The molecule has 6 aromatic carbocycles. The molecule has 6 aromatic rings. The van der Waals surface area contributed by atoms with Gasteiger partial charge in [0.1, 0.15) is 0 Å². The van der Waals surface area contributed by atoms with E-state index in [9.17, 15) is 0 Å². The number of nitrogens with zero attached hydrogens (tertiary/aromatic N) is 2. The van der Waals surface area contributed by atoms with E-state index in [0.717, 1.165) is 11.1 Å². The summed E-state index contributed by atoms with van der Waals surface area (Å²) < 4.78 is 0. The zero-order valence-corrected chi connectivity index (χ0v) is 17.4. The van der Waals surface area contributed by atoms with Gasteiger partial charge in [-0.2, -0.15) is 10.2 Å². The highest BCUT2D eigenvalue weighted by Gasteiger charge is 2.06. The van der Waals surface area contributed by atoms with Crippen molar-refractivity contribution in [3.8, 4) is 0 Å². The van der Waals surface area contributed by atoms with Crippen molar-refractivity contribution in [2.45, 2.75) is 0 Å². The number of hydrogen-bond donors (Lipinski definition) is 0. The van der Waals surface area contributed by atoms with Crippen molar-refractivity contribution in [1.82, 2.24) is 0 Å². The van der Waals surface area contributed by atoms with E-state index >= 15 is 0 Å². The summed E-state index contributed by atoms with van der Waals surface area (Å²) in [4.78, 5) is 0. The molecule has 0 N–H and O–H groups in total. The summed E-state index contributed by atoms with van der Waals surface area (Å²) in [7, 11) is 0. The average Bonchev–Trinajstić information content (AvgIpc) is 2.85. The summed E-state index contributed by atoms with van der Waals surface area (Å²) in [6.07, 6.45) is 3.77. The molecule has 0 aliphatic heterocycles. The fourth-order valence-corrected chi connectivity index (χ4v) is 4.56. The van der Waals surface area contributed by atoms with Crippen molar-refractivity contribution in [2.75, 3.05) is 0 Å². The molecule has 0 aliphatic rings. The number of benzene rings is 6. The predicted molar refractivity (Wildman–Crippen MR) is 138 cm³/mol. The maximum Gasteiger partial charge on any atom is 0.0580 e. The van der Waals surface area contributed by atoms with E-state index in [1.54, 1.807) is 0 Å². The third-order valence-corrected chi connectivity index (χ3v) is 6.07. The van der Waals surface area contributed by atoms with Gasteiger partial charge in [-0.25, -0.2) is 0 Å². The van der Waals surface area contributed by atoms with E-state index in [4.69, 9.17) is 0 Å². The molecule has 32 heavy (non-hydrogen) atoms. The third kappa shape index (κ3) is 3.14. The van der Waals surface area contributed by atoms with Gasteiger partial charge in [0.2, 0.25) is 0 Å². The molecular weight excluding hydrogens is 388 g/mol. The summed E-state index contributed by atoms with van der Waals surface area (Å²) in [5, 5.41) is 18.5. The first-order chi connectivity index (χ1) is 15.9. The van der Waals surface area contributed by atoms with E-state index in [0.29, 0.717) is 0 Å². The van der Waals surface area contributed by atoms with E-state index < -0.39 is 0 Å². The van der Waals surface area contributed by atoms with Gasteiger partial charge in [0.15, 0.2) is 0 Å². The highest BCUT2D eigenvalue weighted by atomic mass is 15.2. The van der Waals surface area contributed by atoms with Crippen LogP contribution in [0.4, 0.5) is 0 Å². The molecule has 0 aromatic heterocycles. The lowest BCUT2D eigenvalue weighted by atomic mass is 9.97. The van der Waals surface area contributed by atoms with Crippen molar-refractivity contribution < 1.29 is 0 Å². The minimum absolute atomic E-state index is 1.10. The Balaban J connectivity index is 1.49. The Morgan fingerprint density at radius 3 is 0.969 bits per heavy atom. The lowest BCUT2D eigenvalue weighted by molar-refractivity contribution is 1.27. The van der Waals surface area contributed by atoms with E-state index in [2.05, 4.69) is 119 Å². The number of hydrogen-bond acceptors (Lipinski definition) is 2. The van der Waals surface area contributed by atoms with Crippen LogP contribution in [0.5, 0.6) is 0 Å². The summed E-state index contributed by atoms with van der Waals surface area (Å²) in [6.45, 7) is 0. The van der Waals surface area contributed by atoms with Crippen LogP contribution in [0.3, 0.4) is 0 Å². The molecule has 0 fully saturated rings. The molecule has 2 nitrogen and oxygen atoms in total. The molecular formula is C30H20N2. The van der Waals surface area contributed by atoms with Crippen LogP contribution < -0.4 is 0 Å². The lowest BCUT2D eigenvalue weighted by Gasteiger charge is -2.08. The van der Waals surface area contributed by atoms with Crippen LogP contribution in [0.2, 0.25) is 0 Å². The highest BCUT2D eigenvalue weighted by molar-refractivity contribution is 6.15. The van der Waals surface area contributed by atoms with Crippen molar-refractivity contribution in [3.05, 3.63) is 120 Å². The second-order valence-corrected chi connectivity index (χ2v) is 7.95. The first-order valence-electron chi connectivity index (χ1n) is 10.8. The summed E-state index contributed by atoms with van der Waals surface area (Å²) >= 11 is 0. The first kappa shape index (κ1) is 18.5. The molecule has 6 rings (SSSR count). The van der Waals surface area contributed by atoms with Gasteiger partial charge in [0.25, 0.3) is 0 Å². The van der Waals surface area contributed by atoms with Crippen molar-refractivity contribution in [2.24, 2.45) is 10.2 Å². The summed E-state index contributed by atoms with van der Waals surface area (Å²) in [5.41, 5.74) is 2.19. The van der Waals surface area contributed by atoms with Gasteiger partial charge in [0.05, 0.1) is 12.4 Å². The van der Waals surface area contributed by atoms with Gasteiger partial charge < -0.3 is 0 Å². The molecule has 0 radical (unpaired) electrons. The molecule has 2 heteroatoms. The maximum atomic E-state index is 4.50. The van der Waals surface area contributed by atoms with Gasteiger partial charge in [0, 0.05) is 11.1 Å². The second-order valence-electron chi connectivity index (χ2n) is 7.95. The quantitative estimate of drug-likeness (QED) is 0.162. The van der Waals surface area contributed by atoms with E-state index in [-0.39, 0.29) is 0 Å². The molecule has 0 saturated heterocycles. The third-order valence-electron chi connectivity index (χ3n) is 6.07. The van der Waals surface area contributed by atoms with Crippen LogP contribution in [-0.4, -0.2) is 12.4 Å². The largest absolute Gasteiger partial charge is 0.158 e. The fourth-order valence-electron chi connectivity index (χ4n) is 4.56. The van der Waals surface area contributed by atoms with Crippen LogP contribution >= 0.6 is 0 Å². The SMILES string of the molecule is C(=N\N=C\c1c2ccccc2cc2ccccc12)/c1c2ccccc2cc2ccccc12. The molecule has 150 valence electrons. The van der Waals surface area contributed by atoms with Crippen molar-refractivity contribution in [3.63, 3.8) is 0 Å². The van der Waals surface area contributed by atoms with Crippen LogP contribution in [-0.2, 0) is 0 Å². The van der Waals surface area contributed by atoms with Crippen LogP contribution in [0.1, 0.15) is 11.1 Å². The Labute approximate surface area is 186 Å². The molecule has 0 saturated carbocycles. The monoisotopic (exact) mass is 408 g/mol. The van der Waals surface area contributed by atoms with Crippen LogP contribution in [0, 0.1) is 0 Å². The predicted octanol–water partition coefficient (Wildman–Crippen LogP) is 7.75. The minimum atomic E-state index is 1.10. The van der Waals surface area contributed by atoms with Crippen molar-refractivity contribution >= 4 is 55.5 Å². The highest BCUT2D eigenvalue weighted by Crippen LogP contribution is 2.28. The molecule has 0 aliphatic carbocycles. The number of rotatable bonds is 3. The summed E-state index contributed by atoms with van der Waals surface area (Å²) in [5.74, 6) is 0. The lowest BCUT2D eigenvalue weighted by Crippen LogP contribution is -1.89. The minimum Gasteiger partial charge on any atom is -0.158 e. The molecule has 0 unspecified atom stereocenters. The van der Waals surface area contributed by atoms with Gasteiger partial charge in [-0.1, -0.05) is 97.1 Å². The Morgan fingerprint density at radius 1 is 0.375 bits per heavy atom. The Bertz CT molecular complexity index is 1440. The van der Waals surface area contributed by atoms with E-state index in [1.807, 2.05) is 12.4 Å². The Hall–Kier alpha value is -4.30. The maximum absolute atomic E-state index is 4.50. The van der Waals surface area contributed by atoms with Crippen molar-refractivity contribution in [1.29, 1.82) is 0 Å². The normalized spacial score (nSPS) is 12.1. The smallest absolute Gasteiger partial charge is 0.0580 e. The second kappa shape index (κ2) is 7.75. The topological polar surface area (TPSA) is 24.7 Å². The zero-order valence-electron chi connectivity index (χ0n) is 17.4. The van der Waals surface area contributed by atoms with Gasteiger partial charge in [-0.15, -0.1) is 0 Å². The Morgan fingerprint density at radius 2 is 0.656 bits per heavy atom. The molecule has 0 atom stereocenters. The molecule has 0 amide bonds. The standard InChI is InChI=1S/C30H20N2/c1-5-13-25-21(9-1)17-22-10-2-6-14-26(22)29(25)19-31-32-20-30-27-15-7-3-11-23(27)18-24-12-4-8-16-28(24)30/h1-20H/b31-19+,32-20+. The molecule has 0 bridgehead atoms. The van der Waals surface area contributed by atoms with Crippen LogP contribution in [0.15, 0.2) is 119 Å². The average molecular weight is 409 g/mol. The van der Waals surface area contributed by atoms with Gasteiger partial charge >= 0.3 is 0 Å². The number of fused-ring (bicyclic) bond motifs is 4. The van der Waals surface area contributed by atoms with Gasteiger partial charge in [-0.05, 0) is 55.2 Å². The fraction of sp³-hybridized carbons (Fsp3) is 0. The molecule has 0 heterocycles. The van der Waals surface area contributed by atoms with Gasteiger partial charge in [-0.3, -0.25) is 0 Å². The Kier molecular flexibility index (Phi) is 4.47. The van der Waals surface area contributed by atoms with E-state index in [1.165, 1.54) is 43.1 Å². The molecule has 0 spiro atoms. The zero-order chi connectivity index (χ0) is 21.3.